The van der Waals surface area contributed by atoms with Gasteiger partial charge < -0.3 is 0 Å². The molecule has 0 fully saturated rings. The van der Waals surface area contributed by atoms with E-state index in [1.165, 1.54) is 18.2 Å². The lowest BCUT2D eigenvalue weighted by atomic mass is 10.4. The molecule has 0 bridgehead atoms. The minimum Gasteiger partial charge on any atom is -0.257 e. The van der Waals surface area contributed by atoms with Gasteiger partial charge in [0.25, 0.3) is 10.0 Å². The SMILES string of the molecule is NNS(=O)(=O)c1ccc(Cl)cc1Cl. The van der Waals surface area contributed by atoms with Gasteiger partial charge in [0.05, 0.1) is 5.02 Å². The van der Waals surface area contributed by atoms with Crippen LogP contribution < -0.4 is 10.7 Å². The van der Waals surface area contributed by atoms with Gasteiger partial charge in [-0.25, -0.2) is 8.42 Å². The third kappa shape index (κ3) is 2.32. The van der Waals surface area contributed by atoms with Crippen LogP contribution in [0.3, 0.4) is 0 Å². The Balaban J connectivity index is 3.33. The van der Waals surface area contributed by atoms with E-state index in [0.717, 1.165) is 0 Å². The predicted molar refractivity (Wildman–Crippen MR) is 51.0 cm³/mol. The van der Waals surface area contributed by atoms with E-state index in [4.69, 9.17) is 29.0 Å². The Kier molecular flexibility index (Phi) is 3.15. The molecule has 0 unspecified atom stereocenters. The number of hydrazine groups is 1. The second kappa shape index (κ2) is 3.81. The lowest BCUT2D eigenvalue weighted by molar-refractivity contribution is 0.584. The van der Waals surface area contributed by atoms with Crippen molar-refractivity contribution in [3.63, 3.8) is 0 Å². The molecule has 0 heterocycles. The van der Waals surface area contributed by atoms with Gasteiger partial charge in [-0.1, -0.05) is 23.2 Å². The van der Waals surface area contributed by atoms with Gasteiger partial charge in [-0.3, -0.25) is 5.84 Å². The Hall–Kier alpha value is -0.330. The van der Waals surface area contributed by atoms with Crippen molar-refractivity contribution in [2.45, 2.75) is 4.90 Å². The Morgan fingerprint density at radius 3 is 2.38 bits per heavy atom. The summed E-state index contributed by atoms with van der Waals surface area (Å²) in [6.07, 6.45) is 0. The van der Waals surface area contributed by atoms with E-state index in [9.17, 15) is 8.42 Å². The van der Waals surface area contributed by atoms with E-state index in [1.807, 2.05) is 0 Å². The third-order valence-corrected chi connectivity index (χ3v) is 3.24. The average Bonchev–Trinajstić information content (AvgIpc) is 2.03. The summed E-state index contributed by atoms with van der Waals surface area (Å²) in [4.78, 5) is 1.57. The summed E-state index contributed by atoms with van der Waals surface area (Å²) < 4.78 is 22.3. The lowest BCUT2D eigenvalue weighted by Crippen LogP contribution is -2.30. The fraction of sp³-hybridized carbons (Fsp3) is 0. The Bertz CT molecular complexity index is 419. The largest absolute Gasteiger partial charge is 0.257 e. The molecule has 0 amide bonds. The van der Waals surface area contributed by atoms with Crippen LogP contribution in [0.25, 0.3) is 0 Å². The third-order valence-electron chi connectivity index (χ3n) is 1.34. The first-order valence-electron chi connectivity index (χ1n) is 3.15. The molecule has 0 aliphatic rings. The molecule has 0 aliphatic heterocycles. The monoisotopic (exact) mass is 240 g/mol. The van der Waals surface area contributed by atoms with Crippen LogP contribution in [0.2, 0.25) is 10.0 Å². The summed E-state index contributed by atoms with van der Waals surface area (Å²) in [6, 6.07) is 4.02. The highest BCUT2D eigenvalue weighted by Gasteiger charge is 2.15. The van der Waals surface area contributed by atoms with Gasteiger partial charge in [-0.15, -0.1) is 0 Å². The number of hydrogen-bond acceptors (Lipinski definition) is 3. The molecule has 1 aromatic carbocycles. The number of hydrogen-bond donors (Lipinski definition) is 2. The number of sulfonamides is 1. The summed E-state index contributed by atoms with van der Waals surface area (Å²) in [7, 11) is -3.71. The van der Waals surface area contributed by atoms with Gasteiger partial charge in [0, 0.05) is 5.02 Å². The van der Waals surface area contributed by atoms with Crippen molar-refractivity contribution in [1.82, 2.24) is 4.83 Å². The quantitative estimate of drug-likeness (QED) is 0.602. The average molecular weight is 241 g/mol. The molecule has 0 atom stereocenters. The van der Waals surface area contributed by atoms with Crippen molar-refractivity contribution >= 4 is 33.2 Å². The molecule has 0 spiro atoms. The maximum Gasteiger partial charge on any atom is 0.254 e. The molecule has 1 rings (SSSR count). The molecule has 3 N–H and O–H groups in total. The first-order chi connectivity index (χ1) is 5.97. The van der Waals surface area contributed by atoms with E-state index < -0.39 is 10.0 Å². The summed E-state index contributed by atoms with van der Waals surface area (Å²) in [6.45, 7) is 0. The first-order valence-corrected chi connectivity index (χ1v) is 5.39. The second-order valence-corrected chi connectivity index (χ2v) is 4.72. The molecule has 7 heteroatoms. The van der Waals surface area contributed by atoms with Gasteiger partial charge in [0.1, 0.15) is 4.90 Å². The van der Waals surface area contributed by atoms with Crippen molar-refractivity contribution in [1.29, 1.82) is 0 Å². The maximum atomic E-state index is 11.2. The van der Waals surface area contributed by atoms with E-state index >= 15 is 0 Å². The van der Waals surface area contributed by atoms with E-state index in [-0.39, 0.29) is 9.92 Å². The van der Waals surface area contributed by atoms with Crippen LogP contribution in [0, 0.1) is 0 Å². The number of nitrogens with two attached hydrogens (primary N) is 1. The van der Waals surface area contributed by atoms with Crippen molar-refractivity contribution < 1.29 is 8.42 Å². The van der Waals surface area contributed by atoms with Crippen molar-refractivity contribution in [3.05, 3.63) is 28.2 Å². The van der Waals surface area contributed by atoms with Gasteiger partial charge in [-0.05, 0) is 18.2 Å². The molecule has 0 aromatic heterocycles. The van der Waals surface area contributed by atoms with Gasteiger partial charge in [-0.2, -0.15) is 4.83 Å². The Morgan fingerprint density at radius 2 is 1.92 bits per heavy atom. The molecule has 72 valence electrons. The van der Waals surface area contributed by atoms with Crippen LogP contribution in [-0.4, -0.2) is 8.42 Å². The minimum absolute atomic E-state index is 0.0328. The van der Waals surface area contributed by atoms with Crippen LogP contribution in [-0.2, 0) is 10.0 Å². The molecule has 0 saturated heterocycles. The molecule has 0 aliphatic carbocycles. The van der Waals surface area contributed by atoms with Crippen LogP contribution in [0.1, 0.15) is 0 Å². The molecule has 4 nitrogen and oxygen atoms in total. The second-order valence-electron chi connectivity index (χ2n) is 2.20. The maximum absolute atomic E-state index is 11.2. The Labute approximate surface area is 85.7 Å². The highest BCUT2D eigenvalue weighted by atomic mass is 35.5. The number of halogens is 2. The van der Waals surface area contributed by atoms with Crippen molar-refractivity contribution in [3.8, 4) is 0 Å². The molecular weight excluding hydrogens is 235 g/mol. The zero-order chi connectivity index (χ0) is 10.1. The summed E-state index contributed by atoms with van der Waals surface area (Å²) in [5, 5.41) is 0.395. The van der Waals surface area contributed by atoms with Crippen LogP contribution in [0.5, 0.6) is 0 Å². The minimum atomic E-state index is -3.71. The number of benzene rings is 1. The highest BCUT2D eigenvalue weighted by molar-refractivity contribution is 7.89. The van der Waals surface area contributed by atoms with E-state index in [0.29, 0.717) is 5.02 Å². The first kappa shape index (κ1) is 10.7. The highest BCUT2D eigenvalue weighted by Crippen LogP contribution is 2.24. The van der Waals surface area contributed by atoms with Crippen molar-refractivity contribution in [2.24, 2.45) is 5.84 Å². The topological polar surface area (TPSA) is 72.2 Å². The van der Waals surface area contributed by atoms with E-state index in [2.05, 4.69) is 0 Å². The predicted octanol–water partition coefficient (Wildman–Crippen LogP) is 1.15. The van der Waals surface area contributed by atoms with Crippen LogP contribution in [0.15, 0.2) is 23.1 Å². The number of rotatable bonds is 2. The zero-order valence-corrected chi connectivity index (χ0v) is 8.62. The fourth-order valence-corrected chi connectivity index (χ4v) is 2.16. The molecule has 1 aromatic rings. The van der Waals surface area contributed by atoms with E-state index in [1.54, 1.807) is 4.83 Å². The van der Waals surface area contributed by atoms with Gasteiger partial charge in [0.2, 0.25) is 0 Å². The smallest absolute Gasteiger partial charge is 0.254 e. The molecule has 13 heavy (non-hydrogen) atoms. The standard InChI is InChI=1S/C6H6Cl2N2O2S/c7-4-1-2-6(5(8)3-4)13(11,12)10-9/h1-3,10H,9H2. The lowest BCUT2D eigenvalue weighted by Gasteiger charge is -2.03. The summed E-state index contributed by atoms with van der Waals surface area (Å²) in [5.74, 6) is 4.82. The number of nitrogens with one attached hydrogen (secondary N) is 1. The molecule has 0 radical (unpaired) electrons. The molecule has 0 saturated carbocycles. The van der Waals surface area contributed by atoms with Gasteiger partial charge >= 0.3 is 0 Å². The van der Waals surface area contributed by atoms with Crippen LogP contribution in [0.4, 0.5) is 0 Å². The van der Waals surface area contributed by atoms with Gasteiger partial charge in [0.15, 0.2) is 0 Å². The fourth-order valence-electron chi connectivity index (χ4n) is 0.757. The Morgan fingerprint density at radius 1 is 1.31 bits per heavy atom. The zero-order valence-electron chi connectivity index (χ0n) is 6.29. The van der Waals surface area contributed by atoms with Crippen LogP contribution >= 0.6 is 23.2 Å². The van der Waals surface area contributed by atoms with Crippen molar-refractivity contribution in [2.75, 3.05) is 0 Å². The summed E-state index contributed by atoms with van der Waals surface area (Å²) >= 11 is 11.2. The molecular formula is C6H6Cl2N2O2S. The summed E-state index contributed by atoms with van der Waals surface area (Å²) in [5.41, 5.74) is 0. The normalized spacial score (nSPS) is 11.6.